The maximum absolute atomic E-state index is 6.29. The van der Waals surface area contributed by atoms with Gasteiger partial charge >= 0.3 is 0 Å². The van der Waals surface area contributed by atoms with Crippen molar-refractivity contribution in [1.82, 2.24) is 9.97 Å². The van der Waals surface area contributed by atoms with Gasteiger partial charge in [0.2, 0.25) is 0 Å². The molecule has 0 aliphatic heterocycles. The van der Waals surface area contributed by atoms with Crippen LogP contribution in [0.15, 0.2) is 30.3 Å². The molecule has 3 aromatic rings. The predicted octanol–water partition coefficient (Wildman–Crippen LogP) is 5.87. The van der Waals surface area contributed by atoms with Crippen molar-refractivity contribution >= 4 is 45.7 Å². The van der Waals surface area contributed by atoms with Gasteiger partial charge in [-0.2, -0.15) is 0 Å². The second-order valence-electron chi connectivity index (χ2n) is 4.92. The Hall–Kier alpha value is -1.35. The van der Waals surface area contributed by atoms with E-state index in [1.165, 1.54) is 0 Å². The highest BCUT2D eigenvalue weighted by Crippen LogP contribution is 2.31. The van der Waals surface area contributed by atoms with Gasteiger partial charge in [0, 0.05) is 21.0 Å². The van der Waals surface area contributed by atoms with Gasteiger partial charge in [-0.15, -0.1) is 0 Å². The lowest BCUT2D eigenvalue weighted by atomic mass is 10.1. The standard InChI is InChI=1S/C16H11Cl3N2/c1-8-5-10(7-11(17)6-8)16-20-14-9(2)13(18)4-3-12(14)15(19)21-16/h3-7H,1-2H3. The molecule has 0 bridgehead atoms. The summed E-state index contributed by atoms with van der Waals surface area (Å²) in [6, 6.07) is 9.32. The summed E-state index contributed by atoms with van der Waals surface area (Å²) in [6.45, 7) is 3.89. The second kappa shape index (κ2) is 5.45. The van der Waals surface area contributed by atoms with Gasteiger partial charge in [0.05, 0.1) is 5.52 Å². The Bertz CT molecular complexity index is 840. The van der Waals surface area contributed by atoms with E-state index >= 15 is 0 Å². The van der Waals surface area contributed by atoms with Crippen LogP contribution < -0.4 is 0 Å². The number of rotatable bonds is 1. The highest BCUT2D eigenvalue weighted by atomic mass is 35.5. The van der Waals surface area contributed by atoms with Gasteiger partial charge in [-0.25, -0.2) is 9.97 Å². The first kappa shape index (κ1) is 14.6. The molecule has 21 heavy (non-hydrogen) atoms. The maximum atomic E-state index is 6.29. The van der Waals surface area contributed by atoms with Crippen molar-refractivity contribution in [1.29, 1.82) is 0 Å². The van der Waals surface area contributed by atoms with Gasteiger partial charge in [-0.1, -0.05) is 34.8 Å². The topological polar surface area (TPSA) is 25.8 Å². The van der Waals surface area contributed by atoms with Crippen molar-refractivity contribution in [3.05, 3.63) is 56.7 Å². The summed E-state index contributed by atoms with van der Waals surface area (Å²) in [4.78, 5) is 8.99. The average molecular weight is 338 g/mol. The number of fused-ring (bicyclic) bond motifs is 1. The van der Waals surface area contributed by atoms with Crippen LogP contribution in [0.25, 0.3) is 22.3 Å². The first-order chi connectivity index (χ1) is 9.95. The van der Waals surface area contributed by atoms with Crippen LogP contribution in [0.5, 0.6) is 0 Å². The van der Waals surface area contributed by atoms with Gasteiger partial charge in [0.25, 0.3) is 0 Å². The first-order valence-corrected chi connectivity index (χ1v) is 7.49. The molecule has 2 nitrogen and oxygen atoms in total. The van der Waals surface area contributed by atoms with E-state index in [2.05, 4.69) is 9.97 Å². The van der Waals surface area contributed by atoms with Crippen molar-refractivity contribution in [3.63, 3.8) is 0 Å². The molecule has 0 aliphatic rings. The van der Waals surface area contributed by atoms with E-state index in [1.54, 1.807) is 6.07 Å². The van der Waals surface area contributed by atoms with Crippen molar-refractivity contribution in [3.8, 4) is 11.4 Å². The van der Waals surface area contributed by atoms with Gasteiger partial charge in [0.15, 0.2) is 5.82 Å². The molecule has 0 aliphatic carbocycles. The van der Waals surface area contributed by atoms with Crippen LogP contribution >= 0.6 is 34.8 Å². The minimum absolute atomic E-state index is 0.410. The van der Waals surface area contributed by atoms with Crippen molar-refractivity contribution in [2.45, 2.75) is 13.8 Å². The number of aromatic nitrogens is 2. The Kier molecular flexibility index (Phi) is 3.78. The summed E-state index contributed by atoms with van der Waals surface area (Å²) in [5.41, 5.74) is 3.52. The minimum atomic E-state index is 0.410. The molecule has 0 atom stereocenters. The van der Waals surface area contributed by atoms with Crippen LogP contribution in [0.1, 0.15) is 11.1 Å². The van der Waals surface area contributed by atoms with Crippen LogP contribution in [0.3, 0.4) is 0 Å². The van der Waals surface area contributed by atoms with E-state index < -0.39 is 0 Å². The Morgan fingerprint density at radius 3 is 2.38 bits per heavy atom. The lowest BCUT2D eigenvalue weighted by molar-refractivity contribution is 1.21. The molecule has 0 amide bonds. The SMILES string of the molecule is Cc1cc(Cl)cc(-c2nc(Cl)c3ccc(Cl)c(C)c3n2)c1. The largest absolute Gasteiger partial charge is 0.228 e. The third-order valence-corrected chi connectivity index (χ3v) is 4.23. The Morgan fingerprint density at radius 2 is 1.67 bits per heavy atom. The summed E-state index contributed by atoms with van der Waals surface area (Å²) in [5, 5.41) is 2.51. The van der Waals surface area contributed by atoms with Crippen LogP contribution in [-0.4, -0.2) is 9.97 Å². The fraction of sp³-hybridized carbons (Fsp3) is 0.125. The number of aryl methyl sites for hydroxylation is 2. The average Bonchev–Trinajstić information content (AvgIpc) is 2.42. The predicted molar refractivity (Wildman–Crippen MR) is 89.5 cm³/mol. The maximum Gasteiger partial charge on any atom is 0.161 e. The molecule has 1 aromatic heterocycles. The number of benzene rings is 2. The lowest BCUT2D eigenvalue weighted by Crippen LogP contribution is -1.94. The van der Waals surface area contributed by atoms with E-state index in [9.17, 15) is 0 Å². The smallest absolute Gasteiger partial charge is 0.161 e. The summed E-state index contributed by atoms with van der Waals surface area (Å²) in [5.74, 6) is 0.545. The van der Waals surface area contributed by atoms with E-state index in [4.69, 9.17) is 34.8 Å². The Morgan fingerprint density at radius 1 is 0.905 bits per heavy atom. The number of hydrogen-bond acceptors (Lipinski definition) is 2. The molecular weight excluding hydrogens is 327 g/mol. The molecule has 2 aromatic carbocycles. The third-order valence-electron chi connectivity index (χ3n) is 3.31. The summed E-state index contributed by atoms with van der Waals surface area (Å²) < 4.78 is 0. The monoisotopic (exact) mass is 336 g/mol. The summed E-state index contributed by atoms with van der Waals surface area (Å²) in [6.07, 6.45) is 0. The number of nitrogens with zero attached hydrogens (tertiary/aromatic N) is 2. The lowest BCUT2D eigenvalue weighted by Gasteiger charge is -2.09. The molecule has 0 saturated heterocycles. The molecule has 0 N–H and O–H groups in total. The summed E-state index contributed by atoms with van der Waals surface area (Å²) >= 11 is 18.6. The number of hydrogen-bond donors (Lipinski definition) is 0. The van der Waals surface area contributed by atoms with E-state index in [1.807, 2.05) is 38.1 Å². The van der Waals surface area contributed by atoms with Gasteiger partial charge in [-0.05, 0) is 55.3 Å². The number of halogens is 3. The molecule has 0 saturated carbocycles. The molecule has 0 fully saturated rings. The van der Waals surface area contributed by atoms with Gasteiger partial charge < -0.3 is 0 Å². The summed E-state index contributed by atoms with van der Waals surface area (Å²) in [7, 11) is 0. The molecule has 106 valence electrons. The third kappa shape index (κ3) is 2.71. The first-order valence-electron chi connectivity index (χ1n) is 6.35. The van der Waals surface area contributed by atoms with Gasteiger partial charge in [-0.3, -0.25) is 0 Å². The molecule has 0 radical (unpaired) electrons. The zero-order valence-corrected chi connectivity index (χ0v) is 13.7. The van der Waals surface area contributed by atoms with Crippen molar-refractivity contribution in [2.75, 3.05) is 0 Å². The minimum Gasteiger partial charge on any atom is -0.228 e. The van der Waals surface area contributed by atoms with Crippen molar-refractivity contribution in [2.24, 2.45) is 0 Å². The van der Waals surface area contributed by atoms with Gasteiger partial charge in [0.1, 0.15) is 5.15 Å². The molecular formula is C16H11Cl3N2. The zero-order valence-electron chi connectivity index (χ0n) is 11.4. The zero-order chi connectivity index (χ0) is 15.1. The molecule has 3 rings (SSSR count). The van der Waals surface area contributed by atoms with Crippen LogP contribution in [-0.2, 0) is 0 Å². The van der Waals surface area contributed by atoms with Crippen molar-refractivity contribution < 1.29 is 0 Å². The van der Waals surface area contributed by atoms with E-state index in [0.29, 0.717) is 21.0 Å². The Balaban J connectivity index is 2.31. The fourth-order valence-corrected chi connectivity index (χ4v) is 2.94. The molecule has 0 spiro atoms. The normalized spacial score (nSPS) is 11.1. The van der Waals surface area contributed by atoms with Crippen LogP contribution in [0, 0.1) is 13.8 Å². The Labute approximate surface area is 137 Å². The van der Waals surface area contributed by atoms with Crippen LogP contribution in [0.2, 0.25) is 15.2 Å². The van der Waals surface area contributed by atoms with E-state index in [0.717, 1.165) is 27.6 Å². The highest BCUT2D eigenvalue weighted by molar-refractivity contribution is 6.35. The quantitative estimate of drug-likeness (QED) is 0.519. The fourth-order valence-electron chi connectivity index (χ4n) is 2.26. The molecule has 0 unspecified atom stereocenters. The van der Waals surface area contributed by atoms with Crippen LogP contribution in [0.4, 0.5) is 0 Å². The second-order valence-corrected chi connectivity index (χ2v) is 6.13. The molecule has 1 heterocycles. The van der Waals surface area contributed by atoms with E-state index in [-0.39, 0.29) is 0 Å². The highest BCUT2D eigenvalue weighted by Gasteiger charge is 2.12. The molecule has 5 heteroatoms.